The molecule has 0 aromatic heterocycles. The van der Waals surface area contributed by atoms with Crippen LogP contribution < -0.4 is 9.47 Å². The highest BCUT2D eigenvalue weighted by Crippen LogP contribution is 2.28. The zero-order valence-corrected chi connectivity index (χ0v) is 17.6. The van der Waals surface area contributed by atoms with E-state index in [4.69, 9.17) is 19.7 Å². The van der Waals surface area contributed by atoms with Gasteiger partial charge in [0.2, 0.25) is 0 Å². The number of ether oxygens (including phenoxy) is 2. The lowest BCUT2D eigenvalue weighted by molar-refractivity contribution is -0.138. The summed E-state index contributed by atoms with van der Waals surface area (Å²) < 4.78 is 11.7. The van der Waals surface area contributed by atoms with Gasteiger partial charge in [-0.15, -0.1) is 0 Å². The van der Waals surface area contributed by atoms with Crippen molar-refractivity contribution in [3.63, 3.8) is 0 Å². The van der Waals surface area contributed by atoms with Gasteiger partial charge in [0.25, 0.3) is 0 Å². The van der Waals surface area contributed by atoms with Gasteiger partial charge in [0.15, 0.2) is 11.5 Å². The number of unbranched alkanes of at least 4 members (excludes halogenated alkanes) is 8. The minimum Gasteiger partial charge on any atom is -0.490 e. The number of carboxylic acid groups (broad SMARTS) is 2. The van der Waals surface area contributed by atoms with Crippen molar-refractivity contribution < 1.29 is 29.3 Å². The van der Waals surface area contributed by atoms with Crippen LogP contribution in [0.15, 0.2) is 24.3 Å². The van der Waals surface area contributed by atoms with E-state index >= 15 is 0 Å². The summed E-state index contributed by atoms with van der Waals surface area (Å²) >= 11 is 0. The van der Waals surface area contributed by atoms with Gasteiger partial charge in [0.1, 0.15) is 0 Å². The fraction of sp³-hybridized carbons (Fsp3) is 0.652. The first kappa shape index (κ1) is 24.8. The summed E-state index contributed by atoms with van der Waals surface area (Å²) in [6, 6.07) is 7.51. The molecule has 6 heteroatoms. The molecule has 0 heterocycles. The van der Waals surface area contributed by atoms with E-state index in [1.807, 2.05) is 31.2 Å². The quantitative estimate of drug-likeness (QED) is 0.303. The van der Waals surface area contributed by atoms with E-state index in [2.05, 4.69) is 0 Å². The maximum atomic E-state index is 10.7. The van der Waals surface area contributed by atoms with Crippen LogP contribution in [0.2, 0.25) is 0 Å². The molecule has 0 radical (unpaired) electrons. The van der Waals surface area contributed by atoms with E-state index in [1.165, 1.54) is 25.7 Å². The molecule has 1 unspecified atom stereocenters. The van der Waals surface area contributed by atoms with Crippen molar-refractivity contribution in [3.05, 3.63) is 24.3 Å². The number of para-hydroxylation sites is 2. The molecule has 0 saturated heterocycles. The molecule has 6 nitrogen and oxygen atoms in total. The molecule has 1 rings (SSSR count). The molecule has 0 aliphatic carbocycles. The Balaban J connectivity index is 2.10. The summed E-state index contributed by atoms with van der Waals surface area (Å²) in [5.41, 5.74) is 0. The lowest BCUT2D eigenvalue weighted by Crippen LogP contribution is -2.14. The molecule has 0 saturated carbocycles. The van der Waals surface area contributed by atoms with Crippen molar-refractivity contribution in [2.45, 2.75) is 90.1 Å². The predicted molar refractivity (Wildman–Crippen MR) is 113 cm³/mol. The monoisotopic (exact) mass is 408 g/mol. The van der Waals surface area contributed by atoms with Crippen LogP contribution >= 0.6 is 0 Å². The second-order valence-electron chi connectivity index (χ2n) is 7.48. The standard InChI is InChI=1S/C23H36O6/c1-19(16-17-23(26)27)29-21-14-11-10-13-20(21)28-18-12-8-6-4-2-3-5-7-9-15-22(24)25/h10-11,13-14,19H,2-9,12,15-18H2,1H3,(H,24,25)(H,26,27). The Hall–Kier alpha value is -2.24. The molecule has 0 aliphatic heterocycles. The average Bonchev–Trinajstić information content (AvgIpc) is 2.68. The van der Waals surface area contributed by atoms with Gasteiger partial charge in [0, 0.05) is 12.8 Å². The number of carbonyl (C=O) groups is 2. The molecule has 1 aromatic carbocycles. The number of hydrogen-bond donors (Lipinski definition) is 2. The Bertz CT molecular complexity index is 586. The first-order chi connectivity index (χ1) is 14.0. The Kier molecular flexibility index (Phi) is 13.4. The summed E-state index contributed by atoms with van der Waals surface area (Å²) in [5, 5.41) is 17.4. The average molecular weight is 409 g/mol. The lowest BCUT2D eigenvalue weighted by atomic mass is 10.1. The largest absolute Gasteiger partial charge is 0.490 e. The number of benzene rings is 1. The third-order valence-electron chi connectivity index (χ3n) is 4.73. The van der Waals surface area contributed by atoms with Crippen molar-refractivity contribution in [1.82, 2.24) is 0 Å². The first-order valence-electron chi connectivity index (χ1n) is 10.8. The topological polar surface area (TPSA) is 93.1 Å². The minimum atomic E-state index is -0.817. The zero-order valence-electron chi connectivity index (χ0n) is 17.6. The van der Waals surface area contributed by atoms with Crippen LogP contribution in [0.3, 0.4) is 0 Å². The molecule has 29 heavy (non-hydrogen) atoms. The van der Waals surface area contributed by atoms with E-state index in [9.17, 15) is 9.59 Å². The summed E-state index contributed by atoms with van der Waals surface area (Å²) in [6.45, 7) is 2.50. The van der Waals surface area contributed by atoms with Gasteiger partial charge < -0.3 is 19.7 Å². The smallest absolute Gasteiger partial charge is 0.303 e. The van der Waals surface area contributed by atoms with Crippen molar-refractivity contribution in [2.24, 2.45) is 0 Å². The molecular weight excluding hydrogens is 372 g/mol. The summed E-state index contributed by atoms with van der Waals surface area (Å²) in [4.78, 5) is 21.1. The molecule has 2 N–H and O–H groups in total. The van der Waals surface area contributed by atoms with Crippen LogP contribution in [0.5, 0.6) is 11.5 Å². The normalized spacial score (nSPS) is 11.8. The molecule has 0 fully saturated rings. The van der Waals surface area contributed by atoms with E-state index < -0.39 is 11.9 Å². The number of hydrogen-bond acceptors (Lipinski definition) is 4. The highest BCUT2D eigenvalue weighted by atomic mass is 16.5. The van der Waals surface area contributed by atoms with E-state index in [0.717, 1.165) is 32.1 Å². The van der Waals surface area contributed by atoms with Gasteiger partial charge in [-0.3, -0.25) is 9.59 Å². The van der Waals surface area contributed by atoms with Crippen LogP contribution in [-0.2, 0) is 9.59 Å². The van der Waals surface area contributed by atoms with Crippen LogP contribution in [0.25, 0.3) is 0 Å². The van der Waals surface area contributed by atoms with Crippen LogP contribution in [0, 0.1) is 0 Å². The number of carboxylic acids is 2. The first-order valence-corrected chi connectivity index (χ1v) is 10.8. The highest BCUT2D eigenvalue weighted by Gasteiger charge is 2.10. The Morgan fingerprint density at radius 1 is 0.793 bits per heavy atom. The molecule has 1 aromatic rings. The zero-order chi connectivity index (χ0) is 21.3. The molecule has 164 valence electrons. The highest BCUT2D eigenvalue weighted by molar-refractivity contribution is 5.66. The van der Waals surface area contributed by atoms with Gasteiger partial charge in [-0.2, -0.15) is 0 Å². The fourth-order valence-electron chi connectivity index (χ4n) is 3.07. The van der Waals surface area contributed by atoms with Gasteiger partial charge in [-0.1, -0.05) is 57.1 Å². The van der Waals surface area contributed by atoms with Crippen LogP contribution in [-0.4, -0.2) is 34.9 Å². The Labute approximate surface area is 174 Å². The van der Waals surface area contributed by atoms with E-state index in [1.54, 1.807) is 0 Å². The minimum absolute atomic E-state index is 0.0898. The summed E-state index contributed by atoms with van der Waals surface area (Å²) in [6.07, 6.45) is 10.5. The van der Waals surface area contributed by atoms with Crippen molar-refractivity contribution >= 4 is 11.9 Å². The third kappa shape index (κ3) is 13.6. The second kappa shape index (κ2) is 15.7. The molecule has 0 spiro atoms. The third-order valence-corrected chi connectivity index (χ3v) is 4.73. The molecule has 0 bridgehead atoms. The van der Waals surface area contributed by atoms with E-state index in [0.29, 0.717) is 24.5 Å². The second-order valence-corrected chi connectivity index (χ2v) is 7.48. The van der Waals surface area contributed by atoms with Gasteiger partial charge in [0.05, 0.1) is 12.7 Å². The SMILES string of the molecule is CC(CCC(=O)O)Oc1ccccc1OCCCCCCCCCCCC(=O)O. The fourth-order valence-corrected chi connectivity index (χ4v) is 3.07. The molecule has 1 atom stereocenters. The molecular formula is C23H36O6. The summed E-state index contributed by atoms with van der Waals surface area (Å²) in [5.74, 6) is -0.151. The maximum Gasteiger partial charge on any atom is 0.303 e. The van der Waals surface area contributed by atoms with Crippen LogP contribution in [0.1, 0.15) is 84.0 Å². The number of aliphatic carboxylic acids is 2. The lowest BCUT2D eigenvalue weighted by Gasteiger charge is -2.17. The van der Waals surface area contributed by atoms with Gasteiger partial charge in [-0.05, 0) is 38.3 Å². The Morgan fingerprint density at radius 3 is 1.90 bits per heavy atom. The van der Waals surface area contributed by atoms with Crippen molar-refractivity contribution in [3.8, 4) is 11.5 Å². The Morgan fingerprint density at radius 2 is 1.31 bits per heavy atom. The van der Waals surface area contributed by atoms with Crippen LogP contribution in [0.4, 0.5) is 0 Å². The van der Waals surface area contributed by atoms with Gasteiger partial charge >= 0.3 is 11.9 Å². The van der Waals surface area contributed by atoms with Crippen molar-refractivity contribution in [1.29, 1.82) is 0 Å². The summed E-state index contributed by atoms with van der Waals surface area (Å²) in [7, 11) is 0. The van der Waals surface area contributed by atoms with Gasteiger partial charge in [-0.25, -0.2) is 0 Å². The molecule has 0 aliphatic rings. The van der Waals surface area contributed by atoms with E-state index in [-0.39, 0.29) is 18.9 Å². The predicted octanol–water partition coefficient (Wildman–Crippen LogP) is 5.68. The molecule has 0 amide bonds. The van der Waals surface area contributed by atoms with Crippen molar-refractivity contribution in [2.75, 3.05) is 6.61 Å². The number of rotatable bonds is 18. The maximum absolute atomic E-state index is 10.7.